The van der Waals surface area contributed by atoms with Crippen molar-refractivity contribution in [3.8, 4) is 0 Å². The molecule has 8 nitrogen and oxygen atoms in total. The van der Waals surface area contributed by atoms with Crippen LogP contribution in [0.5, 0.6) is 0 Å². The zero-order valence-corrected chi connectivity index (χ0v) is 18.3. The Labute approximate surface area is 186 Å². The largest absolute Gasteiger partial charge is 0.456 e. The third kappa shape index (κ3) is 7.49. The third-order valence-corrected chi connectivity index (χ3v) is 5.02. The first kappa shape index (κ1) is 23.4. The Balaban J connectivity index is 1.66. The second kappa shape index (κ2) is 11.3. The van der Waals surface area contributed by atoms with E-state index in [1.807, 2.05) is 6.92 Å². The van der Waals surface area contributed by atoms with Crippen LogP contribution in [0.2, 0.25) is 5.02 Å². The van der Waals surface area contributed by atoms with E-state index in [1.165, 1.54) is 6.07 Å². The summed E-state index contributed by atoms with van der Waals surface area (Å²) in [5.74, 6) is -2.40. The first-order valence-corrected chi connectivity index (χ1v) is 9.98. The van der Waals surface area contributed by atoms with Gasteiger partial charge in [0.05, 0.1) is 17.0 Å². The number of nitrogens with one attached hydrogen (secondary N) is 3. The lowest BCUT2D eigenvalue weighted by molar-refractivity contribution is -0.148. The molecule has 0 saturated heterocycles. The molecule has 0 heterocycles. The number of carbonyl (C=O) groups excluding carboxylic acids is 4. The first-order valence-electron chi connectivity index (χ1n) is 8.81. The van der Waals surface area contributed by atoms with Crippen molar-refractivity contribution in [1.29, 1.82) is 0 Å². The number of aryl methyl sites for hydroxylation is 1. The van der Waals surface area contributed by atoms with Gasteiger partial charge in [-0.25, -0.2) is 0 Å². The van der Waals surface area contributed by atoms with Gasteiger partial charge in [-0.3, -0.25) is 30.0 Å². The molecule has 30 heavy (non-hydrogen) atoms. The number of esters is 1. The molecule has 10 heteroatoms. The van der Waals surface area contributed by atoms with Crippen LogP contribution in [-0.4, -0.2) is 30.3 Å². The highest BCUT2D eigenvalue weighted by molar-refractivity contribution is 9.10. The number of anilines is 1. The minimum Gasteiger partial charge on any atom is -0.456 e. The van der Waals surface area contributed by atoms with Crippen LogP contribution in [-0.2, 0) is 19.1 Å². The zero-order chi connectivity index (χ0) is 22.1. The van der Waals surface area contributed by atoms with Gasteiger partial charge in [0.2, 0.25) is 5.91 Å². The molecule has 0 bridgehead atoms. The van der Waals surface area contributed by atoms with Crippen molar-refractivity contribution < 1.29 is 23.9 Å². The topological polar surface area (TPSA) is 114 Å². The van der Waals surface area contributed by atoms with E-state index < -0.39 is 30.3 Å². The predicted octanol–water partition coefficient (Wildman–Crippen LogP) is 3.13. The number of ether oxygens (including phenoxy) is 1. The normalized spacial score (nSPS) is 10.1. The predicted molar refractivity (Wildman–Crippen MR) is 115 cm³/mol. The number of benzene rings is 2. The lowest BCUT2D eigenvalue weighted by atomic mass is 10.2. The van der Waals surface area contributed by atoms with Gasteiger partial charge in [-0.2, -0.15) is 0 Å². The first-order chi connectivity index (χ1) is 14.3. The van der Waals surface area contributed by atoms with Gasteiger partial charge in [-0.1, -0.05) is 39.7 Å². The zero-order valence-electron chi connectivity index (χ0n) is 16.0. The fourth-order valence-corrected chi connectivity index (χ4v) is 2.72. The molecule has 2 aromatic rings. The molecule has 0 aliphatic rings. The summed E-state index contributed by atoms with van der Waals surface area (Å²) >= 11 is 9.26. The van der Waals surface area contributed by atoms with Crippen LogP contribution in [0.1, 0.15) is 28.8 Å². The minimum absolute atomic E-state index is 0.200. The highest BCUT2D eigenvalue weighted by Crippen LogP contribution is 2.20. The average molecular weight is 497 g/mol. The maximum atomic E-state index is 11.9. The summed E-state index contributed by atoms with van der Waals surface area (Å²) < 4.78 is 5.76. The Hall–Kier alpha value is -2.91. The van der Waals surface area contributed by atoms with Crippen molar-refractivity contribution in [1.82, 2.24) is 10.9 Å². The van der Waals surface area contributed by atoms with E-state index in [-0.39, 0.29) is 23.4 Å². The monoisotopic (exact) mass is 495 g/mol. The lowest BCUT2D eigenvalue weighted by Gasteiger charge is -2.09. The van der Waals surface area contributed by atoms with E-state index in [2.05, 4.69) is 32.1 Å². The second-order valence-corrected chi connectivity index (χ2v) is 7.42. The number of hydrogen-bond acceptors (Lipinski definition) is 5. The van der Waals surface area contributed by atoms with E-state index >= 15 is 0 Å². The van der Waals surface area contributed by atoms with Gasteiger partial charge in [0, 0.05) is 16.6 Å². The molecule has 158 valence electrons. The van der Waals surface area contributed by atoms with Crippen molar-refractivity contribution in [2.75, 3.05) is 11.9 Å². The summed E-state index contributed by atoms with van der Waals surface area (Å²) in [6, 6.07) is 11.6. The fourth-order valence-electron chi connectivity index (χ4n) is 2.25. The third-order valence-electron chi connectivity index (χ3n) is 3.80. The lowest BCUT2D eigenvalue weighted by Crippen LogP contribution is -2.41. The maximum absolute atomic E-state index is 11.9. The van der Waals surface area contributed by atoms with Crippen molar-refractivity contribution in [3.05, 3.63) is 63.1 Å². The summed E-state index contributed by atoms with van der Waals surface area (Å²) in [7, 11) is 0. The number of rotatable bonds is 7. The van der Waals surface area contributed by atoms with Crippen LogP contribution < -0.4 is 16.2 Å². The van der Waals surface area contributed by atoms with Crippen LogP contribution in [0, 0.1) is 6.92 Å². The van der Waals surface area contributed by atoms with Crippen molar-refractivity contribution >= 4 is 56.9 Å². The highest BCUT2D eigenvalue weighted by Gasteiger charge is 2.13. The number of amides is 3. The standard InChI is InChI=1S/C20H19BrClN3O5/c1-12-10-13(6-7-15(12)21)23-18(27)11-30-19(28)9-8-17(26)24-25-20(29)14-4-2-3-5-16(14)22/h2-7,10H,8-9,11H2,1H3,(H,23,27)(H,24,26)(H,25,29). The van der Waals surface area contributed by atoms with Crippen LogP contribution in [0.4, 0.5) is 5.69 Å². The molecule has 0 radical (unpaired) electrons. The molecule has 0 fully saturated rings. The van der Waals surface area contributed by atoms with Gasteiger partial charge in [0.15, 0.2) is 6.61 Å². The number of halogens is 2. The summed E-state index contributed by atoms with van der Waals surface area (Å²) in [4.78, 5) is 47.3. The molecule has 3 N–H and O–H groups in total. The molecule has 0 aromatic heterocycles. The molecule has 2 rings (SSSR count). The average Bonchev–Trinajstić information content (AvgIpc) is 2.72. The van der Waals surface area contributed by atoms with Crippen LogP contribution >= 0.6 is 27.5 Å². The maximum Gasteiger partial charge on any atom is 0.306 e. The smallest absolute Gasteiger partial charge is 0.306 e. The summed E-state index contributed by atoms with van der Waals surface area (Å²) in [5.41, 5.74) is 6.11. The van der Waals surface area contributed by atoms with Gasteiger partial charge in [0.1, 0.15) is 0 Å². The summed E-state index contributed by atoms with van der Waals surface area (Å²) in [6.07, 6.45) is -0.479. The highest BCUT2D eigenvalue weighted by atomic mass is 79.9. The molecular formula is C20H19BrClN3O5. The van der Waals surface area contributed by atoms with E-state index in [0.29, 0.717) is 5.69 Å². The Kier molecular flexibility index (Phi) is 8.82. The summed E-state index contributed by atoms with van der Waals surface area (Å²) in [6.45, 7) is 1.40. The molecule has 0 aliphatic heterocycles. The van der Waals surface area contributed by atoms with Crippen molar-refractivity contribution in [2.24, 2.45) is 0 Å². The van der Waals surface area contributed by atoms with E-state index in [1.54, 1.807) is 36.4 Å². The van der Waals surface area contributed by atoms with Gasteiger partial charge < -0.3 is 10.1 Å². The van der Waals surface area contributed by atoms with Gasteiger partial charge in [-0.05, 0) is 42.8 Å². The second-order valence-electron chi connectivity index (χ2n) is 6.15. The SMILES string of the molecule is Cc1cc(NC(=O)COC(=O)CCC(=O)NNC(=O)c2ccccc2Cl)ccc1Br. The molecule has 0 aliphatic carbocycles. The Morgan fingerprint density at radius 1 is 1.00 bits per heavy atom. The van der Waals surface area contributed by atoms with Crippen molar-refractivity contribution in [2.45, 2.75) is 19.8 Å². The van der Waals surface area contributed by atoms with Crippen LogP contribution in [0.3, 0.4) is 0 Å². The molecule has 0 unspecified atom stereocenters. The Morgan fingerprint density at radius 3 is 2.43 bits per heavy atom. The number of hydrogen-bond donors (Lipinski definition) is 3. The van der Waals surface area contributed by atoms with E-state index in [4.69, 9.17) is 16.3 Å². The van der Waals surface area contributed by atoms with Crippen LogP contribution in [0.25, 0.3) is 0 Å². The van der Waals surface area contributed by atoms with E-state index in [0.717, 1.165) is 10.0 Å². The van der Waals surface area contributed by atoms with Gasteiger partial charge in [-0.15, -0.1) is 0 Å². The molecule has 0 spiro atoms. The van der Waals surface area contributed by atoms with Crippen molar-refractivity contribution in [3.63, 3.8) is 0 Å². The quantitative estimate of drug-likeness (QED) is 0.403. The molecule has 2 aromatic carbocycles. The Morgan fingerprint density at radius 2 is 1.73 bits per heavy atom. The van der Waals surface area contributed by atoms with E-state index in [9.17, 15) is 19.2 Å². The fraction of sp³-hybridized carbons (Fsp3) is 0.200. The molecular weight excluding hydrogens is 478 g/mol. The van der Waals surface area contributed by atoms with Gasteiger partial charge in [0.25, 0.3) is 11.8 Å². The summed E-state index contributed by atoms with van der Waals surface area (Å²) in [5, 5.41) is 2.85. The molecule has 0 saturated carbocycles. The molecule has 0 atom stereocenters. The molecule has 3 amide bonds. The van der Waals surface area contributed by atoms with Crippen LogP contribution in [0.15, 0.2) is 46.9 Å². The number of carbonyl (C=O) groups is 4. The van der Waals surface area contributed by atoms with Gasteiger partial charge >= 0.3 is 5.97 Å². The number of hydrazine groups is 1. The minimum atomic E-state index is -0.718. The Bertz CT molecular complexity index is 967.